The van der Waals surface area contributed by atoms with E-state index in [2.05, 4.69) is 30.4 Å². The van der Waals surface area contributed by atoms with Crippen molar-refractivity contribution in [2.24, 2.45) is 17.8 Å². The molecule has 3 unspecified atom stereocenters. The van der Waals surface area contributed by atoms with Crippen LogP contribution in [-0.2, 0) is 0 Å². The Morgan fingerprint density at radius 1 is 1.26 bits per heavy atom. The lowest BCUT2D eigenvalue weighted by molar-refractivity contribution is 0.410. The quantitative estimate of drug-likeness (QED) is 0.869. The summed E-state index contributed by atoms with van der Waals surface area (Å²) in [5.74, 6) is 3.78. The second-order valence-corrected chi connectivity index (χ2v) is 6.00. The van der Waals surface area contributed by atoms with Gasteiger partial charge in [0.2, 0.25) is 0 Å². The molecule has 2 saturated carbocycles. The Morgan fingerprint density at radius 2 is 2.00 bits per heavy atom. The topological polar surface area (TPSA) is 21.3 Å². The molecule has 0 bridgehead atoms. The summed E-state index contributed by atoms with van der Waals surface area (Å²) in [4.78, 5) is 0. The normalized spacial score (nSPS) is 30.5. The molecule has 2 fully saturated rings. The maximum Gasteiger partial charge on any atom is 0.119 e. The van der Waals surface area contributed by atoms with Crippen molar-refractivity contribution in [3.05, 3.63) is 29.8 Å². The van der Waals surface area contributed by atoms with Gasteiger partial charge in [0.1, 0.15) is 5.75 Å². The summed E-state index contributed by atoms with van der Waals surface area (Å²) in [7, 11) is 1.75. The molecule has 3 atom stereocenters. The predicted molar refractivity (Wildman–Crippen MR) is 78.3 cm³/mol. The molecular formula is C17H25NO. The fourth-order valence-electron chi connectivity index (χ4n) is 4.07. The third-order valence-electron chi connectivity index (χ3n) is 4.98. The van der Waals surface area contributed by atoms with Gasteiger partial charge in [0.05, 0.1) is 7.11 Å². The van der Waals surface area contributed by atoms with Crippen molar-refractivity contribution in [3.63, 3.8) is 0 Å². The molecule has 1 N–H and O–H groups in total. The van der Waals surface area contributed by atoms with Gasteiger partial charge in [0.15, 0.2) is 0 Å². The summed E-state index contributed by atoms with van der Waals surface area (Å²) in [6, 6.07) is 9.13. The van der Waals surface area contributed by atoms with Gasteiger partial charge in [-0.2, -0.15) is 0 Å². The first-order valence-electron chi connectivity index (χ1n) is 7.72. The second-order valence-electron chi connectivity index (χ2n) is 6.00. The van der Waals surface area contributed by atoms with Crippen LogP contribution in [0.1, 0.15) is 44.2 Å². The third-order valence-corrected chi connectivity index (χ3v) is 4.98. The first-order valence-corrected chi connectivity index (χ1v) is 7.72. The number of benzene rings is 1. The highest BCUT2D eigenvalue weighted by Crippen LogP contribution is 2.60. The van der Waals surface area contributed by atoms with Gasteiger partial charge in [-0.25, -0.2) is 0 Å². The molecular weight excluding hydrogens is 234 g/mol. The molecule has 104 valence electrons. The van der Waals surface area contributed by atoms with E-state index < -0.39 is 0 Å². The second kappa shape index (κ2) is 5.54. The molecule has 0 radical (unpaired) electrons. The highest BCUT2D eigenvalue weighted by atomic mass is 16.5. The molecule has 0 aromatic heterocycles. The largest absolute Gasteiger partial charge is 0.497 e. The van der Waals surface area contributed by atoms with E-state index in [1.807, 2.05) is 6.07 Å². The van der Waals surface area contributed by atoms with Crippen molar-refractivity contribution in [2.75, 3.05) is 13.7 Å². The summed E-state index contributed by atoms with van der Waals surface area (Å²) >= 11 is 0. The van der Waals surface area contributed by atoms with E-state index in [-0.39, 0.29) is 0 Å². The van der Waals surface area contributed by atoms with Crippen molar-refractivity contribution < 1.29 is 4.74 Å². The minimum absolute atomic E-state index is 0.521. The van der Waals surface area contributed by atoms with Gasteiger partial charge in [-0.3, -0.25) is 0 Å². The third kappa shape index (κ3) is 2.51. The van der Waals surface area contributed by atoms with E-state index in [1.165, 1.54) is 31.2 Å². The maximum absolute atomic E-state index is 5.37. The van der Waals surface area contributed by atoms with E-state index >= 15 is 0 Å². The lowest BCUT2D eigenvalue weighted by atomic mass is 9.99. The van der Waals surface area contributed by atoms with Crippen LogP contribution in [0.25, 0.3) is 0 Å². The van der Waals surface area contributed by atoms with Gasteiger partial charge >= 0.3 is 0 Å². The Balaban J connectivity index is 1.80. The molecule has 3 rings (SSSR count). The molecule has 2 heteroatoms. The first-order chi connectivity index (χ1) is 9.35. The summed E-state index contributed by atoms with van der Waals surface area (Å²) in [5.41, 5.74) is 1.40. The number of methoxy groups -OCH3 is 1. The van der Waals surface area contributed by atoms with Crippen LogP contribution >= 0.6 is 0 Å². The summed E-state index contributed by atoms with van der Waals surface area (Å²) in [5, 5.41) is 3.71. The standard InChI is InChI=1S/C17H25NO/c1-3-18-17(12-7-6-8-13(11-12)19-2)16-14-9-4-5-10-15(14)16/h6-8,11,14-18H,3-5,9-10H2,1-2H3. The Labute approximate surface area is 116 Å². The van der Waals surface area contributed by atoms with Crippen molar-refractivity contribution in [1.82, 2.24) is 5.32 Å². The van der Waals surface area contributed by atoms with Crippen LogP contribution in [0, 0.1) is 17.8 Å². The smallest absolute Gasteiger partial charge is 0.119 e. The van der Waals surface area contributed by atoms with Gasteiger partial charge in [-0.05, 0) is 54.8 Å². The molecule has 0 heterocycles. The van der Waals surface area contributed by atoms with Crippen LogP contribution in [0.15, 0.2) is 24.3 Å². The Bertz CT molecular complexity index is 419. The minimum Gasteiger partial charge on any atom is -0.497 e. The van der Waals surface area contributed by atoms with Crippen molar-refractivity contribution in [2.45, 2.75) is 38.6 Å². The zero-order valence-corrected chi connectivity index (χ0v) is 12.1. The summed E-state index contributed by atoms with van der Waals surface area (Å²) in [6.45, 7) is 3.25. The molecule has 1 aromatic carbocycles. The van der Waals surface area contributed by atoms with Gasteiger partial charge < -0.3 is 10.1 Å². The average Bonchev–Trinajstić information content (AvgIpc) is 3.19. The number of nitrogens with one attached hydrogen (secondary N) is 1. The van der Waals surface area contributed by atoms with Gasteiger partial charge in [0.25, 0.3) is 0 Å². The molecule has 19 heavy (non-hydrogen) atoms. The number of fused-ring (bicyclic) bond motifs is 1. The SMILES string of the molecule is CCNC(c1cccc(OC)c1)C1C2CCCCC21. The van der Waals surface area contributed by atoms with Gasteiger partial charge in [0, 0.05) is 6.04 Å². The lowest BCUT2D eigenvalue weighted by Crippen LogP contribution is -2.23. The van der Waals surface area contributed by atoms with Crippen LogP contribution in [0.4, 0.5) is 0 Å². The number of rotatable bonds is 5. The lowest BCUT2D eigenvalue weighted by Gasteiger charge is -2.19. The number of hydrogen-bond acceptors (Lipinski definition) is 2. The van der Waals surface area contributed by atoms with E-state index in [4.69, 9.17) is 4.74 Å². The maximum atomic E-state index is 5.37. The monoisotopic (exact) mass is 259 g/mol. The van der Waals surface area contributed by atoms with E-state index in [1.54, 1.807) is 7.11 Å². The molecule has 0 spiro atoms. The fraction of sp³-hybridized carbons (Fsp3) is 0.647. The van der Waals surface area contributed by atoms with Gasteiger partial charge in [-0.15, -0.1) is 0 Å². The molecule has 0 aliphatic heterocycles. The summed E-state index contributed by atoms with van der Waals surface area (Å²) in [6.07, 6.45) is 5.77. The van der Waals surface area contributed by atoms with Crippen molar-refractivity contribution >= 4 is 0 Å². The molecule has 2 aliphatic rings. The Kier molecular flexibility index (Phi) is 3.79. The average molecular weight is 259 g/mol. The van der Waals surface area contributed by atoms with Crippen LogP contribution < -0.4 is 10.1 Å². The van der Waals surface area contributed by atoms with Crippen LogP contribution in [0.5, 0.6) is 5.75 Å². The zero-order valence-electron chi connectivity index (χ0n) is 12.1. The van der Waals surface area contributed by atoms with Crippen molar-refractivity contribution in [3.8, 4) is 5.75 Å². The number of ether oxygens (including phenoxy) is 1. The highest BCUT2D eigenvalue weighted by Gasteiger charge is 2.54. The zero-order chi connectivity index (χ0) is 13.2. The number of hydrogen-bond donors (Lipinski definition) is 1. The van der Waals surface area contributed by atoms with Crippen LogP contribution in [0.2, 0.25) is 0 Å². The summed E-state index contributed by atoms with van der Waals surface area (Å²) < 4.78 is 5.37. The predicted octanol–water partition coefficient (Wildman–Crippen LogP) is 3.78. The molecule has 2 nitrogen and oxygen atoms in total. The van der Waals surface area contributed by atoms with E-state index in [0.29, 0.717) is 6.04 Å². The highest BCUT2D eigenvalue weighted by molar-refractivity contribution is 5.32. The van der Waals surface area contributed by atoms with Crippen LogP contribution in [0.3, 0.4) is 0 Å². The fourth-order valence-corrected chi connectivity index (χ4v) is 4.07. The molecule has 2 aliphatic carbocycles. The van der Waals surface area contributed by atoms with E-state index in [0.717, 1.165) is 30.0 Å². The first kappa shape index (κ1) is 13.0. The molecule has 0 amide bonds. The minimum atomic E-state index is 0.521. The van der Waals surface area contributed by atoms with E-state index in [9.17, 15) is 0 Å². The Hall–Kier alpha value is -1.02. The van der Waals surface area contributed by atoms with Crippen LogP contribution in [-0.4, -0.2) is 13.7 Å². The molecule has 1 aromatic rings. The van der Waals surface area contributed by atoms with Gasteiger partial charge in [-0.1, -0.05) is 31.9 Å². The molecule has 0 saturated heterocycles. The van der Waals surface area contributed by atoms with Crippen molar-refractivity contribution in [1.29, 1.82) is 0 Å². The Morgan fingerprint density at radius 3 is 2.63 bits per heavy atom.